The van der Waals surface area contributed by atoms with E-state index in [2.05, 4.69) is 15.3 Å². The number of nitrogens with one attached hydrogen (secondary N) is 1. The molecule has 0 fully saturated rings. The van der Waals surface area contributed by atoms with E-state index in [1.807, 2.05) is 6.07 Å². The maximum Gasteiger partial charge on any atom is 0.256 e. The molecule has 0 bridgehead atoms. The van der Waals surface area contributed by atoms with Crippen molar-refractivity contribution in [1.29, 1.82) is 5.26 Å². The van der Waals surface area contributed by atoms with Crippen LogP contribution in [0.4, 0.5) is 5.82 Å². The highest BCUT2D eigenvalue weighted by molar-refractivity contribution is 6.32. The zero-order valence-corrected chi connectivity index (χ0v) is 10.9. The first-order chi connectivity index (χ1) is 9.08. The first-order valence-electron chi connectivity index (χ1n) is 5.10. The predicted molar refractivity (Wildman–Crippen MR) is 71.2 cm³/mol. The molecule has 0 unspecified atom stereocenters. The van der Waals surface area contributed by atoms with Gasteiger partial charge in [0.05, 0.1) is 11.6 Å². The van der Waals surface area contributed by atoms with Gasteiger partial charge in [-0.05, 0) is 29.8 Å². The van der Waals surface area contributed by atoms with E-state index >= 15 is 0 Å². The van der Waals surface area contributed by atoms with Gasteiger partial charge in [-0.2, -0.15) is 5.26 Å². The molecule has 2 aromatic rings. The molecule has 0 spiro atoms. The maximum atomic E-state index is 11.9. The smallest absolute Gasteiger partial charge is 0.256 e. The average molecular weight is 293 g/mol. The monoisotopic (exact) mass is 292 g/mol. The van der Waals surface area contributed by atoms with Crippen LogP contribution in [-0.4, -0.2) is 15.9 Å². The van der Waals surface area contributed by atoms with Gasteiger partial charge in [0.2, 0.25) is 5.28 Å². The van der Waals surface area contributed by atoms with Crippen LogP contribution in [0.2, 0.25) is 10.4 Å². The molecule has 1 N–H and O–H groups in total. The van der Waals surface area contributed by atoms with Gasteiger partial charge in [-0.1, -0.05) is 17.7 Å². The van der Waals surface area contributed by atoms with Crippen LogP contribution < -0.4 is 5.32 Å². The number of amides is 1. The van der Waals surface area contributed by atoms with Gasteiger partial charge in [0.1, 0.15) is 11.0 Å². The number of hydrogen-bond acceptors (Lipinski definition) is 4. The van der Waals surface area contributed by atoms with Crippen molar-refractivity contribution in [2.45, 2.75) is 0 Å². The quantitative estimate of drug-likeness (QED) is 0.682. The van der Waals surface area contributed by atoms with Gasteiger partial charge in [0.25, 0.3) is 5.91 Å². The summed E-state index contributed by atoms with van der Waals surface area (Å²) in [5.41, 5.74) is 0.733. The first kappa shape index (κ1) is 13.3. The molecule has 94 valence electrons. The van der Waals surface area contributed by atoms with E-state index in [9.17, 15) is 4.79 Å². The van der Waals surface area contributed by atoms with E-state index in [0.717, 1.165) is 0 Å². The van der Waals surface area contributed by atoms with Gasteiger partial charge in [-0.25, -0.2) is 9.97 Å². The number of rotatable bonds is 2. The van der Waals surface area contributed by atoms with Crippen molar-refractivity contribution in [3.63, 3.8) is 0 Å². The lowest BCUT2D eigenvalue weighted by molar-refractivity contribution is 0.102. The molecular formula is C12H6Cl2N4O. The molecular weight excluding hydrogens is 287 g/mol. The van der Waals surface area contributed by atoms with Crippen LogP contribution in [0, 0.1) is 11.3 Å². The summed E-state index contributed by atoms with van der Waals surface area (Å²) >= 11 is 11.3. The number of carbonyl (C=O) groups excluding carboxylic acids is 1. The molecule has 0 aliphatic rings. The molecule has 0 aliphatic heterocycles. The molecule has 5 nitrogen and oxygen atoms in total. The second-order valence-electron chi connectivity index (χ2n) is 3.49. The van der Waals surface area contributed by atoms with Crippen molar-refractivity contribution in [2.75, 3.05) is 5.32 Å². The molecule has 0 atom stereocenters. The summed E-state index contributed by atoms with van der Waals surface area (Å²) in [5.74, 6) is -0.222. The van der Waals surface area contributed by atoms with Crippen molar-refractivity contribution >= 4 is 34.9 Å². The van der Waals surface area contributed by atoms with E-state index < -0.39 is 5.91 Å². The minimum atomic E-state index is -0.414. The number of benzene rings is 1. The third-order valence-corrected chi connectivity index (χ3v) is 2.53. The summed E-state index contributed by atoms with van der Waals surface area (Å²) in [6.07, 6.45) is 0. The van der Waals surface area contributed by atoms with Gasteiger partial charge >= 0.3 is 0 Å². The highest BCUT2D eigenvalue weighted by atomic mass is 35.5. The lowest BCUT2D eigenvalue weighted by Crippen LogP contribution is -2.13. The third-order valence-electron chi connectivity index (χ3n) is 2.16. The van der Waals surface area contributed by atoms with Crippen LogP contribution in [0.25, 0.3) is 0 Å². The van der Waals surface area contributed by atoms with E-state index in [1.165, 1.54) is 12.1 Å². The highest BCUT2D eigenvalue weighted by Crippen LogP contribution is 2.15. The van der Waals surface area contributed by atoms with Crippen molar-refractivity contribution < 1.29 is 4.79 Å². The Balaban J connectivity index is 2.23. The minimum absolute atomic E-state index is 0.0615. The van der Waals surface area contributed by atoms with Gasteiger partial charge < -0.3 is 5.32 Å². The van der Waals surface area contributed by atoms with Crippen molar-refractivity contribution in [1.82, 2.24) is 9.97 Å². The normalized spacial score (nSPS) is 9.74. The number of hydrogen-bond donors (Lipinski definition) is 1. The van der Waals surface area contributed by atoms with Crippen LogP contribution in [0.1, 0.15) is 15.9 Å². The standard InChI is InChI=1S/C12H6Cl2N4O/c13-9-5-10(18-12(14)16-9)17-11(19)8-3-1-2-7(4-8)6-15/h1-5H,(H,16,17,18,19). The van der Waals surface area contributed by atoms with Crippen molar-refractivity contribution in [2.24, 2.45) is 0 Å². The Bertz CT molecular complexity index is 661. The summed E-state index contributed by atoms with van der Waals surface area (Å²) in [6.45, 7) is 0. The zero-order chi connectivity index (χ0) is 13.8. The third kappa shape index (κ3) is 3.41. The molecule has 1 aromatic heterocycles. The average Bonchev–Trinajstić information content (AvgIpc) is 2.37. The summed E-state index contributed by atoms with van der Waals surface area (Å²) in [5, 5.41) is 11.4. The second-order valence-corrected chi connectivity index (χ2v) is 4.22. The molecule has 7 heteroatoms. The number of carbonyl (C=O) groups is 1. The number of nitrogens with zero attached hydrogens (tertiary/aromatic N) is 3. The van der Waals surface area contributed by atoms with E-state index in [-0.39, 0.29) is 16.3 Å². The fourth-order valence-corrected chi connectivity index (χ4v) is 1.78. The molecule has 19 heavy (non-hydrogen) atoms. The lowest BCUT2D eigenvalue weighted by atomic mass is 10.1. The lowest BCUT2D eigenvalue weighted by Gasteiger charge is -2.05. The Morgan fingerprint density at radius 2 is 2.05 bits per heavy atom. The zero-order valence-electron chi connectivity index (χ0n) is 9.39. The Morgan fingerprint density at radius 1 is 1.26 bits per heavy atom. The number of aromatic nitrogens is 2. The fourth-order valence-electron chi connectivity index (χ4n) is 1.37. The largest absolute Gasteiger partial charge is 0.306 e. The summed E-state index contributed by atoms with van der Waals surface area (Å²) in [6, 6.07) is 9.61. The van der Waals surface area contributed by atoms with E-state index in [1.54, 1.807) is 18.2 Å². The first-order valence-corrected chi connectivity index (χ1v) is 5.85. The minimum Gasteiger partial charge on any atom is -0.306 e. The van der Waals surface area contributed by atoms with Crippen LogP contribution in [-0.2, 0) is 0 Å². The Kier molecular flexibility index (Phi) is 3.95. The van der Waals surface area contributed by atoms with Crippen LogP contribution in [0.15, 0.2) is 30.3 Å². The van der Waals surface area contributed by atoms with Crippen LogP contribution >= 0.6 is 23.2 Å². The Hall–Kier alpha value is -2.16. The van der Waals surface area contributed by atoms with Gasteiger partial charge in [0.15, 0.2) is 0 Å². The Labute approximate surface area is 118 Å². The van der Waals surface area contributed by atoms with E-state index in [4.69, 9.17) is 28.5 Å². The molecule has 0 saturated heterocycles. The molecule has 1 heterocycles. The summed E-state index contributed by atoms with van der Waals surface area (Å²) in [4.78, 5) is 19.4. The Morgan fingerprint density at radius 3 is 2.74 bits per heavy atom. The maximum absolute atomic E-state index is 11.9. The second kappa shape index (κ2) is 5.65. The molecule has 0 radical (unpaired) electrons. The molecule has 2 rings (SSSR count). The fraction of sp³-hybridized carbons (Fsp3) is 0. The summed E-state index contributed by atoms with van der Waals surface area (Å²) < 4.78 is 0. The van der Waals surface area contributed by atoms with E-state index in [0.29, 0.717) is 11.1 Å². The number of halogens is 2. The van der Waals surface area contributed by atoms with Crippen LogP contribution in [0.3, 0.4) is 0 Å². The van der Waals surface area contributed by atoms with Gasteiger partial charge in [-0.15, -0.1) is 0 Å². The predicted octanol–water partition coefficient (Wildman–Crippen LogP) is 2.91. The molecule has 0 aliphatic carbocycles. The molecule has 1 aromatic carbocycles. The van der Waals surface area contributed by atoms with Crippen LogP contribution in [0.5, 0.6) is 0 Å². The topological polar surface area (TPSA) is 78.7 Å². The number of anilines is 1. The SMILES string of the molecule is N#Cc1cccc(C(=O)Nc2cc(Cl)nc(Cl)n2)c1. The van der Waals surface area contributed by atoms with Gasteiger partial charge in [0, 0.05) is 11.6 Å². The van der Waals surface area contributed by atoms with Crippen molar-refractivity contribution in [3.8, 4) is 6.07 Å². The highest BCUT2D eigenvalue weighted by Gasteiger charge is 2.09. The van der Waals surface area contributed by atoms with Gasteiger partial charge in [-0.3, -0.25) is 4.79 Å². The molecule has 0 saturated carbocycles. The molecule has 1 amide bonds. The van der Waals surface area contributed by atoms with Crippen molar-refractivity contribution in [3.05, 3.63) is 51.9 Å². The number of nitriles is 1. The summed E-state index contributed by atoms with van der Waals surface area (Å²) in [7, 11) is 0.